The Morgan fingerprint density at radius 2 is 2.02 bits per heavy atom. The van der Waals surface area contributed by atoms with Crippen molar-refractivity contribution in [2.45, 2.75) is 78.2 Å². The second-order valence-corrected chi connectivity index (χ2v) is 13.4. The van der Waals surface area contributed by atoms with Gasteiger partial charge in [-0.05, 0) is 87.5 Å². The highest BCUT2D eigenvalue weighted by Crippen LogP contribution is 2.47. The van der Waals surface area contributed by atoms with Crippen molar-refractivity contribution in [3.8, 4) is 0 Å². The quantitative estimate of drug-likeness (QED) is 0.279. The van der Waals surface area contributed by atoms with Crippen molar-refractivity contribution >= 4 is 33.2 Å². The van der Waals surface area contributed by atoms with E-state index in [0.717, 1.165) is 52.2 Å². The molecule has 4 unspecified atom stereocenters. The Kier molecular flexibility index (Phi) is 8.63. The van der Waals surface area contributed by atoms with E-state index in [9.17, 15) is 9.59 Å². The molecule has 7 nitrogen and oxygen atoms in total. The molecule has 0 N–H and O–H groups in total. The molecule has 1 fully saturated rings. The molecule has 1 aliphatic heterocycles. The SMILES string of the molecule is CCN1CCC(CC(=O)c2cc3c(C)nn(C)c3s2)CCC2=CC(C)C3=C(C=C(OC)CC3(C)OC)CC2CC1=O. The first-order valence-electron chi connectivity index (χ1n) is 15.0. The number of methoxy groups -OCH3 is 2. The zero-order valence-corrected chi connectivity index (χ0v) is 26.5. The molecule has 0 bridgehead atoms. The Hall–Kier alpha value is -2.71. The maximum atomic E-state index is 13.6. The highest BCUT2D eigenvalue weighted by Gasteiger charge is 2.40. The van der Waals surface area contributed by atoms with Crippen molar-refractivity contribution in [3.63, 3.8) is 0 Å². The lowest BCUT2D eigenvalue weighted by molar-refractivity contribution is -0.132. The second-order valence-electron chi connectivity index (χ2n) is 12.3. The van der Waals surface area contributed by atoms with Crippen molar-refractivity contribution in [3.05, 3.63) is 51.3 Å². The smallest absolute Gasteiger partial charge is 0.223 e. The number of amides is 1. The van der Waals surface area contributed by atoms with E-state index in [4.69, 9.17) is 9.47 Å². The summed E-state index contributed by atoms with van der Waals surface area (Å²) in [6.07, 6.45) is 9.83. The van der Waals surface area contributed by atoms with Gasteiger partial charge in [-0.2, -0.15) is 5.10 Å². The van der Waals surface area contributed by atoms with Gasteiger partial charge in [0.15, 0.2) is 5.78 Å². The summed E-state index contributed by atoms with van der Waals surface area (Å²) in [5.41, 5.74) is 4.42. The molecule has 4 atom stereocenters. The van der Waals surface area contributed by atoms with E-state index < -0.39 is 5.60 Å². The molecule has 41 heavy (non-hydrogen) atoms. The summed E-state index contributed by atoms with van der Waals surface area (Å²) < 4.78 is 13.7. The number of carbonyl (C=O) groups excluding carboxylic acids is 2. The number of ketones is 1. The number of carbonyl (C=O) groups is 2. The first kappa shape index (κ1) is 29.8. The van der Waals surface area contributed by atoms with E-state index in [1.165, 1.54) is 16.7 Å². The predicted molar refractivity (Wildman–Crippen MR) is 164 cm³/mol. The van der Waals surface area contributed by atoms with E-state index in [0.29, 0.717) is 32.4 Å². The van der Waals surface area contributed by atoms with Crippen molar-refractivity contribution in [1.29, 1.82) is 0 Å². The standard InChI is InChI=1S/C33H45N3O4S/c1-8-36-12-11-22(14-28(37)29-18-27-21(3)34-35(5)32(27)41-29)9-10-23-13-20(2)31-25(15-24(23)17-30(36)38)16-26(39-6)19-33(31,4)40-7/h13,16,18,20,22,24H,8-12,14-15,17,19H2,1-7H3. The molecule has 2 aromatic heterocycles. The maximum absolute atomic E-state index is 13.6. The van der Waals surface area contributed by atoms with Crippen molar-refractivity contribution in [2.24, 2.45) is 24.8 Å². The normalized spacial score (nSPS) is 27.6. The first-order valence-corrected chi connectivity index (χ1v) is 15.9. The largest absolute Gasteiger partial charge is 0.501 e. The van der Waals surface area contributed by atoms with E-state index in [1.807, 2.05) is 29.6 Å². The third kappa shape index (κ3) is 5.82. The van der Waals surface area contributed by atoms with Crippen LogP contribution < -0.4 is 0 Å². The third-order valence-corrected chi connectivity index (χ3v) is 10.9. The number of hydrogen-bond donors (Lipinski definition) is 0. The fraction of sp³-hybridized carbons (Fsp3) is 0.606. The van der Waals surface area contributed by atoms with Crippen LogP contribution in [0.2, 0.25) is 0 Å². The highest BCUT2D eigenvalue weighted by molar-refractivity contribution is 7.20. The lowest BCUT2D eigenvalue weighted by atomic mass is 9.76. The van der Waals surface area contributed by atoms with Gasteiger partial charge < -0.3 is 14.4 Å². The summed E-state index contributed by atoms with van der Waals surface area (Å²) in [6.45, 7) is 9.85. The summed E-state index contributed by atoms with van der Waals surface area (Å²) in [7, 11) is 5.44. The van der Waals surface area contributed by atoms with Gasteiger partial charge in [0.2, 0.25) is 5.91 Å². The van der Waals surface area contributed by atoms with Crippen LogP contribution in [0.5, 0.6) is 0 Å². The molecule has 8 heteroatoms. The molecule has 0 radical (unpaired) electrons. The van der Waals surface area contributed by atoms with Crippen LogP contribution in [-0.4, -0.2) is 59.3 Å². The molecule has 3 aliphatic rings. The fourth-order valence-electron chi connectivity index (χ4n) is 7.34. The molecule has 5 rings (SSSR count). The Balaban J connectivity index is 1.42. The number of rotatable bonds is 6. The zero-order chi connectivity index (χ0) is 29.5. The Morgan fingerprint density at radius 1 is 1.24 bits per heavy atom. The fourth-order valence-corrected chi connectivity index (χ4v) is 8.41. The number of allylic oxidation sites excluding steroid dienone is 4. The molecule has 1 amide bonds. The molecule has 0 spiro atoms. The molecule has 222 valence electrons. The van der Waals surface area contributed by atoms with Crippen molar-refractivity contribution in [2.75, 3.05) is 27.3 Å². The van der Waals surface area contributed by atoms with E-state index in [1.54, 1.807) is 25.6 Å². The lowest BCUT2D eigenvalue weighted by Gasteiger charge is -2.38. The second kappa shape index (κ2) is 11.9. The highest BCUT2D eigenvalue weighted by atomic mass is 32.1. The molecule has 1 saturated heterocycles. The molecule has 3 heterocycles. The van der Waals surface area contributed by atoms with Gasteiger partial charge in [0.25, 0.3) is 0 Å². The van der Waals surface area contributed by atoms with Gasteiger partial charge in [-0.25, -0.2) is 0 Å². The van der Waals surface area contributed by atoms with Gasteiger partial charge in [0.1, 0.15) is 4.83 Å². The summed E-state index contributed by atoms with van der Waals surface area (Å²) in [5.74, 6) is 1.88. The summed E-state index contributed by atoms with van der Waals surface area (Å²) in [4.78, 5) is 31.0. The Bertz CT molecular complexity index is 1390. The minimum atomic E-state index is -0.439. The molecular weight excluding hydrogens is 534 g/mol. The number of ether oxygens (including phenoxy) is 2. The Morgan fingerprint density at radius 3 is 2.71 bits per heavy atom. The summed E-state index contributed by atoms with van der Waals surface area (Å²) >= 11 is 1.54. The summed E-state index contributed by atoms with van der Waals surface area (Å²) in [6, 6.07) is 2.02. The minimum Gasteiger partial charge on any atom is -0.501 e. The van der Waals surface area contributed by atoms with Crippen molar-refractivity contribution < 1.29 is 19.1 Å². The maximum Gasteiger partial charge on any atom is 0.223 e. The van der Waals surface area contributed by atoms with Crippen LogP contribution >= 0.6 is 11.3 Å². The van der Waals surface area contributed by atoms with Gasteiger partial charge in [-0.15, -0.1) is 11.3 Å². The van der Waals surface area contributed by atoms with Crippen LogP contribution in [0, 0.1) is 24.7 Å². The lowest BCUT2D eigenvalue weighted by Crippen LogP contribution is -2.36. The average molecular weight is 580 g/mol. The van der Waals surface area contributed by atoms with Crippen LogP contribution in [0.3, 0.4) is 0 Å². The first-order chi connectivity index (χ1) is 19.6. The van der Waals surface area contributed by atoms with Gasteiger partial charge in [0.05, 0.1) is 29.0 Å². The van der Waals surface area contributed by atoms with E-state index in [-0.39, 0.29) is 29.4 Å². The predicted octanol–water partition coefficient (Wildman–Crippen LogP) is 6.77. The molecule has 2 aliphatic carbocycles. The van der Waals surface area contributed by atoms with Crippen LogP contribution in [0.1, 0.15) is 81.1 Å². The average Bonchev–Trinajstić information content (AvgIpc) is 3.46. The number of fused-ring (bicyclic) bond motifs is 2. The summed E-state index contributed by atoms with van der Waals surface area (Å²) in [5, 5.41) is 5.56. The van der Waals surface area contributed by atoms with Gasteiger partial charge in [-0.3, -0.25) is 14.3 Å². The topological polar surface area (TPSA) is 73.7 Å². The van der Waals surface area contributed by atoms with Crippen LogP contribution in [-0.2, 0) is 21.3 Å². The number of nitrogens with zero attached hydrogens (tertiary/aromatic N) is 3. The monoisotopic (exact) mass is 579 g/mol. The van der Waals surface area contributed by atoms with Gasteiger partial charge in [0, 0.05) is 51.9 Å². The van der Waals surface area contributed by atoms with Crippen molar-refractivity contribution in [1.82, 2.24) is 14.7 Å². The zero-order valence-electron chi connectivity index (χ0n) is 25.7. The number of Topliss-reactive ketones (excluding diaryl/α,β-unsaturated/α-hetero) is 1. The number of aryl methyl sites for hydroxylation is 2. The van der Waals surface area contributed by atoms with Crippen LogP contribution in [0.25, 0.3) is 10.2 Å². The minimum absolute atomic E-state index is 0.132. The molecule has 0 saturated carbocycles. The van der Waals surface area contributed by atoms with Gasteiger partial charge in [-0.1, -0.05) is 18.6 Å². The molecular formula is C33H45N3O4S. The number of thiophene rings is 1. The van der Waals surface area contributed by atoms with Gasteiger partial charge >= 0.3 is 0 Å². The molecule has 2 aromatic rings. The van der Waals surface area contributed by atoms with Crippen LogP contribution in [0.15, 0.2) is 40.7 Å². The number of aromatic nitrogens is 2. The van der Waals surface area contributed by atoms with E-state index in [2.05, 4.69) is 38.0 Å². The molecule has 0 aromatic carbocycles. The Labute approximate surface area is 248 Å². The van der Waals surface area contributed by atoms with Crippen LogP contribution in [0.4, 0.5) is 0 Å². The third-order valence-electron chi connectivity index (χ3n) is 9.63. The number of hydrogen-bond acceptors (Lipinski definition) is 6. The van der Waals surface area contributed by atoms with E-state index >= 15 is 0 Å².